The summed E-state index contributed by atoms with van der Waals surface area (Å²) in [5.41, 5.74) is 0.401. The predicted octanol–water partition coefficient (Wildman–Crippen LogP) is 1.75. The van der Waals surface area contributed by atoms with Crippen LogP contribution in [0.25, 0.3) is 0 Å². The van der Waals surface area contributed by atoms with Crippen LogP contribution in [0.4, 0.5) is 20.6 Å². The van der Waals surface area contributed by atoms with Crippen molar-refractivity contribution in [2.24, 2.45) is 0 Å². The molecule has 1 aliphatic heterocycles. The van der Waals surface area contributed by atoms with Crippen LogP contribution in [0.15, 0.2) is 18.2 Å². The monoisotopic (exact) mass is 352 g/mol. The number of amides is 3. The lowest BCUT2D eigenvalue weighted by atomic mass is 10.0. The number of hydrogen-bond acceptors (Lipinski definition) is 4. The van der Waals surface area contributed by atoms with Gasteiger partial charge >= 0.3 is 6.03 Å². The number of carbonyl (C=O) groups is 2. The number of likely N-dealkylation sites (tertiary alicyclic amines) is 1. The molecule has 1 aliphatic rings. The van der Waals surface area contributed by atoms with Gasteiger partial charge in [0.15, 0.2) is 0 Å². The van der Waals surface area contributed by atoms with E-state index in [9.17, 15) is 19.1 Å². The van der Waals surface area contributed by atoms with E-state index in [1.54, 1.807) is 0 Å². The van der Waals surface area contributed by atoms with Gasteiger partial charge in [0.05, 0.1) is 12.3 Å². The number of anilines is 2. The fraction of sp³-hybridized carbons (Fsp3) is 0.529. The van der Waals surface area contributed by atoms with Crippen molar-refractivity contribution in [1.29, 1.82) is 0 Å². The van der Waals surface area contributed by atoms with Gasteiger partial charge in [0.1, 0.15) is 5.82 Å². The van der Waals surface area contributed by atoms with Gasteiger partial charge in [-0.05, 0) is 37.6 Å². The molecule has 2 rings (SSSR count). The van der Waals surface area contributed by atoms with E-state index in [0.717, 1.165) is 25.8 Å². The molecule has 1 fully saturated rings. The fourth-order valence-corrected chi connectivity index (χ4v) is 2.94. The molecule has 1 aromatic rings. The third-order valence-electron chi connectivity index (χ3n) is 4.18. The Morgan fingerprint density at radius 1 is 1.32 bits per heavy atom. The van der Waals surface area contributed by atoms with Gasteiger partial charge in [-0.1, -0.05) is 6.42 Å². The van der Waals surface area contributed by atoms with Crippen LogP contribution in [0.5, 0.6) is 0 Å². The smallest absolute Gasteiger partial charge is 0.319 e. The zero-order valence-electron chi connectivity index (χ0n) is 14.3. The summed E-state index contributed by atoms with van der Waals surface area (Å²) in [4.78, 5) is 25.2. The Labute approximate surface area is 146 Å². The summed E-state index contributed by atoms with van der Waals surface area (Å²) in [6, 6.07) is 3.73. The van der Waals surface area contributed by atoms with E-state index in [2.05, 4.69) is 20.9 Å². The second-order valence-corrected chi connectivity index (χ2v) is 6.12. The maximum Gasteiger partial charge on any atom is 0.319 e. The molecule has 0 aliphatic carbocycles. The number of nitrogens with one attached hydrogen (secondary N) is 3. The second-order valence-electron chi connectivity index (χ2n) is 6.12. The molecule has 138 valence electrons. The number of halogens is 1. The van der Waals surface area contributed by atoms with Crippen molar-refractivity contribution in [1.82, 2.24) is 10.2 Å². The summed E-state index contributed by atoms with van der Waals surface area (Å²) < 4.78 is 13.6. The first-order valence-electron chi connectivity index (χ1n) is 8.46. The van der Waals surface area contributed by atoms with Crippen LogP contribution in [0, 0.1) is 5.82 Å². The first-order chi connectivity index (χ1) is 12.0. The Morgan fingerprint density at radius 2 is 2.12 bits per heavy atom. The summed E-state index contributed by atoms with van der Waals surface area (Å²) in [6.07, 6.45) is 3.20. The Kier molecular flexibility index (Phi) is 7.15. The number of urea groups is 1. The second kappa shape index (κ2) is 9.33. The molecule has 8 heteroatoms. The maximum atomic E-state index is 13.6. The molecule has 1 atom stereocenters. The van der Waals surface area contributed by atoms with E-state index >= 15 is 0 Å². The SMILES string of the molecule is CC(=O)Nc1cc(NC(=O)NCCN2CCCC[C@H]2CO)ccc1F. The van der Waals surface area contributed by atoms with Crippen LogP contribution in [-0.4, -0.2) is 54.2 Å². The van der Waals surface area contributed by atoms with Crippen molar-refractivity contribution >= 4 is 23.3 Å². The normalized spacial score (nSPS) is 17.8. The topological polar surface area (TPSA) is 93.7 Å². The first kappa shape index (κ1) is 19.1. The zero-order chi connectivity index (χ0) is 18.2. The quantitative estimate of drug-likeness (QED) is 0.627. The predicted molar refractivity (Wildman–Crippen MR) is 94.0 cm³/mol. The summed E-state index contributed by atoms with van der Waals surface area (Å²) in [6.45, 7) is 3.45. The molecule has 3 amide bonds. The van der Waals surface area contributed by atoms with Gasteiger partial charge in [-0.2, -0.15) is 0 Å². The summed E-state index contributed by atoms with van der Waals surface area (Å²) >= 11 is 0. The zero-order valence-corrected chi connectivity index (χ0v) is 14.3. The minimum absolute atomic E-state index is 0.0180. The lowest BCUT2D eigenvalue weighted by Gasteiger charge is -2.34. The van der Waals surface area contributed by atoms with Gasteiger partial charge in [0, 0.05) is 31.7 Å². The standard InChI is InChI=1S/C17H25FN4O3/c1-12(24)20-16-10-13(5-6-15(16)18)21-17(25)19-7-9-22-8-3-2-4-14(22)11-23/h5-6,10,14,23H,2-4,7-9,11H2,1H3,(H,20,24)(H2,19,21,25)/t14-/m0/s1. The van der Waals surface area contributed by atoms with Crippen LogP contribution in [0.1, 0.15) is 26.2 Å². The fourth-order valence-electron chi connectivity index (χ4n) is 2.94. The number of rotatable bonds is 6. The van der Waals surface area contributed by atoms with Crippen molar-refractivity contribution in [2.75, 3.05) is 36.9 Å². The summed E-state index contributed by atoms with van der Waals surface area (Å²) in [5, 5.41) is 17.1. The van der Waals surface area contributed by atoms with Crippen LogP contribution in [0.2, 0.25) is 0 Å². The molecule has 1 aromatic carbocycles. The number of aliphatic hydroxyl groups is 1. The molecule has 1 saturated heterocycles. The molecule has 1 heterocycles. The van der Waals surface area contributed by atoms with Crippen molar-refractivity contribution < 1.29 is 19.1 Å². The third kappa shape index (κ3) is 5.99. The minimum atomic E-state index is -0.568. The first-order valence-corrected chi connectivity index (χ1v) is 8.46. The number of carbonyl (C=O) groups excluding carboxylic acids is 2. The number of benzene rings is 1. The Morgan fingerprint density at radius 3 is 2.84 bits per heavy atom. The molecule has 0 spiro atoms. The van der Waals surface area contributed by atoms with E-state index in [0.29, 0.717) is 18.8 Å². The van der Waals surface area contributed by atoms with E-state index in [-0.39, 0.29) is 24.2 Å². The van der Waals surface area contributed by atoms with Crippen LogP contribution in [-0.2, 0) is 4.79 Å². The molecule has 25 heavy (non-hydrogen) atoms. The molecular formula is C17H25FN4O3. The Balaban J connectivity index is 1.81. The van der Waals surface area contributed by atoms with E-state index in [1.165, 1.54) is 25.1 Å². The highest BCUT2D eigenvalue weighted by molar-refractivity contribution is 5.92. The van der Waals surface area contributed by atoms with Crippen LogP contribution < -0.4 is 16.0 Å². The lowest BCUT2D eigenvalue weighted by Crippen LogP contribution is -2.46. The van der Waals surface area contributed by atoms with Crippen LogP contribution in [0.3, 0.4) is 0 Å². The average Bonchev–Trinajstić information content (AvgIpc) is 2.58. The van der Waals surface area contributed by atoms with Crippen molar-refractivity contribution in [3.05, 3.63) is 24.0 Å². The number of piperidine rings is 1. The molecule has 0 radical (unpaired) electrons. The highest BCUT2D eigenvalue weighted by Crippen LogP contribution is 2.19. The van der Waals surface area contributed by atoms with Crippen molar-refractivity contribution in [3.8, 4) is 0 Å². The molecule has 0 bridgehead atoms. The van der Waals surface area contributed by atoms with Gasteiger partial charge in [-0.15, -0.1) is 0 Å². The van der Waals surface area contributed by atoms with Gasteiger partial charge in [0.25, 0.3) is 0 Å². The van der Waals surface area contributed by atoms with Gasteiger partial charge in [-0.3, -0.25) is 9.69 Å². The Bertz CT molecular complexity index is 612. The third-order valence-corrected chi connectivity index (χ3v) is 4.18. The average molecular weight is 352 g/mol. The van der Waals surface area contributed by atoms with Crippen molar-refractivity contribution in [3.63, 3.8) is 0 Å². The molecule has 4 N–H and O–H groups in total. The largest absolute Gasteiger partial charge is 0.395 e. The van der Waals surface area contributed by atoms with Gasteiger partial charge in [-0.25, -0.2) is 9.18 Å². The van der Waals surface area contributed by atoms with Gasteiger partial charge in [0.2, 0.25) is 5.91 Å². The van der Waals surface area contributed by atoms with E-state index < -0.39 is 11.8 Å². The number of aliphatic hydroxyl groups excluding tert-OH is 1. The maximum absolute atomic E-state index is 13.6. The summed E-state index contributed by atoms with van der Waals surface area (Å²) in [5.74, 6) is -0.957. The minimum Gasteiger partial charge on any atom is -0.395 e. The van der Waals surface area contributed by atoms with Crippen LogP contribution >= 0.6 is 0 Å². The Hall–Kier alpha value is -2.19. The van der Waals surface area contributed by atoms with E-state index in [1.807, 2.05) is 0 Å². The molecular weight excluding hydrogens is 327 g/mol. The van der Waals surface area contributed by atoms with Gasteiger partial charge < -0.3 is 21.1 Å². The molecule has 7 nitrogen and oxygen atoms in total. The number of hydrogen-bond donors (Lipinski definition) is 4. The summed E-state index contributed by atoms with van der Waals surface area (Å²) in [7, 11) is 0. The molecule has 0 aromatic heterocycles. The highest BCUT2D eigenvalue weighted by Gasteiger charge is 2.21. The molecule has 0 unspecified atom stereocenters. The number of nitrogens with zero attached hydrogens (tertiary/aromatic N) is 1. The van der Waals surface area contributed by atoms with Crippen molar-refractivity contribution in [2.45, 2.75) is 32.2 Å². The lowest BCUT2D eigenvalue weighted by molar-refractivity contribution is -0.114. The highest BCUT2D eigenvalue weighted by atomic mass is 19.1. The molecule has 0 saturated carbocycles. The van der Waals surface area contributed by atoms with E-state index in [4.69, 9.17) is 0 Å².